The van der Waals surface area contributed by atoms with Crippen molar-refractivity contribution in [1.29, 1.82) is 0 Å². The highest BCUT2D eigenvalue weighted by Gasteiger charge is 2.41. The summed E-state index contributed by atoms with van der Waals surface area (Å²) in [5.74, 6) is 0.932. The number of anilines is 1. The van der Waals surface area contributed by atoms with Crippen molar-refractivity contribution >= 4 is 33.0 Å². The van der Waals surface area contributed by atoms with Crippen LogP contribution >= 0.6 is 27.3 Å². The Morgan fingerprint density at radius 1 is 1.12 bits per heavy atom. The SMILES string of the molecule is COc1ccc2c(c1)CCN(c1ccsc1C)C2(C)c1ccc(Br)cc1. The summed E-state index contributed by atoms with van der Waals surface area (Å²) in [5.41, 5.74) is 5.16. The van der Waals surface area contributed by atoms with Crippen molar-refractivity contribution in [3.63, 3.8) is 0 Å². The van der Waals surface area contributed by atoms with Crippen LogP contribution in [0.25, 0.3) is 0 Å². The molecule has 2 heterocycles. The van der Waals surface area contributed by atoms with Crippen molar-refractivity contribution in [3.8, 4) is 5.75 Å². The summed E-state index contributed by atoms with van der Waals surface area (Å²) in [7, 11) is 1.74. The second-order valence-corrected chi connectivity index (χ2v) is 8.90. The molecule has 1 unspecified atom stereocenters. The van der Waals surface area contributed by atoms with Gasteiger partial charge in [0.05, 0.1) is 18.3 Å². The van der Waals surface area contributed by atoms with E-state index in [4.69, 9.17) is 4.74 Å². The van der Waals surface area contributed by atoms with E-state index in [0.717, 1.165) is 23.2 Å². The summed E-state index contributed by atoms with van der Waals surface area (Å²) in [6.07, 6.45) is 1.02. The monoisotopic (exact) mass is 427 g/mol. The van der Waals surface area contributed by atoms with Gasteiger partial charge in [0, 0.05) is 15.9 Å². The number of hydrogen-bond donors (Lipinski definition) is 0. The zero-order valence-electron chi connectivity index (χ0n) is 15.3. The summed E-state index contributed by atoms with van der Waals surface area (Å²) in [5, 5.41) is 2.19. The van der Waals surface area contributed by atoms with E-state index in [9.17, 15) is 0 Å². The Hall–Kier alpha value is -1.78. The highest BCUT2D eigenvalue weighted by atomic mass is 79.9. The molecule has 3 aromatic rings. The van der Waals surface area contributed by atoms with Crippen LogP contribution in [0.2, 0.25) is 0 Å². The van der Waals surface area contributed by atoms with E-state index in [1.54, 1.807) is 7.11 Å². The first kappa shape index (κ1) is 17.6. The van der Waals surface area contributed by atoms with Gasteiger partial charge in [-0.2, -0.15) is 0 Å². The maximum absolute atomic E-state index is 5.47. The molecule has 0 spiro atoms. The van der Waals surface area contributed by atoms with Gasteiger partial charge in [0.25, 0.3) is 0 Å². The number of thiophene rings is 1. The number of nitrogens with zero attached hydrogens (tertiary/aromatic N) is 1. The van der Waals surface area contributed by atoms with Crippen molar-refractivity contribution in [2.24, 2.45) is 0 Å². The van der Waals surface area contributed by atoms with E-state index in [-0.39, 0.29) is 5.54 Å². The summed E-state index contributed by atoms with van der Waals surface area (Å²) in [6.45, 7) is 5.55. The van der Waals surface area contributed by atoms with Crippen molar-refractivity contribution in [2.75, 3.05) is 18.6 Å². The Balaban J connectivity index is 1.94. The third kappa shape index (κ3) is 2.76. The number of hydrogen-bond acceptors (Lipinski definition) is 3. The smallest absolute Gasteiger partial charge is 0.119 e. The normalized spacial score (nSPS) is 19.3. The number of rotatable bonds is 3. The molecule has 0 N–H and O–H groups in total. The summed E-state index contributed by atoms with van der Waals surface area (Å²) in [4.78, 5) is 3.93. The van der Waals surface area contributed by atoms with E-state index >= 15 is 0 Å². The Kier molecular flexibility index (Phi) is 4.57. The number of aryl methyl sites for hydroxylation is 1. The molecule has 0 radical (unpaired) electrons. The van der Waals surface area contributed by atoms with Crippen molar-refractivity contribution in [2.45, 2.75) is 25.8 Å². The Bertz CT molecular complexity index is 934. The van der Waals surface area contributed by atoms with Crippen molar-refractivity contribution in [3.05, 3.63) is 80.0 Å². The van der Waals surface area contributed by atoms with E-state index < -0.39 is 0 Å². The molecule has 4 heteroatoms. The molecule has 2 aromatic carbocycles. The molecular weight excluding hydrogens is 406 g/mol. The molecule has 26 heavy (non-hydrogen) atoms. The van der Waals surface area contributed by atoms with Crippen LogP contribution in [0.5, 0.6) is 5.75 Å². The summed E-state index contributed by atoms with van der Waals surface area (Å²) in [6, 6.07) is 17.5. The van der Waals surface area contributed by atoms with Gasteiger partial charge in [-0.25, -0.2) is 0 Å². The molecule has 0 saturated carbocycles. The van der Waals surface area contributed by atoms with E-state index in [0.29, 0.717) is 0 Å². The molecule has 1 atom stereocenters. The fraction of sp³-hybridized carbons (Fsp3) is 0.273. The van der Waals surface area contributed by atoms with E-state index in [1.807, 2.05) is 11.3 Å². The van der Waals surface area contributed by atoms with Gasteiger partial charge in [-0.1, -0.05) is 34.1 Å². The summed E-state index contributed by atoms with van der Waals surface area (Å²) >= 11 is 5.39. The van der Waals surface area contributed by atoms with Crippen LogP contribution in [0, 0.1) is 6.92 Å². The molecule has 0 fully saturated rings. The zero-order valence-corrected chi connectivity index (χ0v) is 17.7. The van der Waals surface area contributed by atoms with Crippen LogP contribution in [-0.4, -0.2) is 13.7 Å². The van der Waals surface area contributed by atoms with Crippen molar-refractivity contribution < 1.29 is 4.74 Å². The minimum Gasteiger partial charge on any atom is -0.497 e. The molecule has 0 amide bonds. The van der Waals surface area contributed by atoms with Gasteiger partial charge in [0.15, 0.2) is 0 Å². The average Bonchev–Trinajstić information content (AvgIpc) is 3.07. The second kappa shape index (κ2) is 6.75. The Labute approximate surface area is 167 Å². The zero-order chi connectivity index (χ0) is 18.3. The number of fused-ring (bicyclic) bond motifs is 1. The molecule has 0 aliphatic carbocycles. The number of halogens is 1. The first-order valence-electron chi connectivity index (χ1n) is 8.79. The fourth-order valence-corrected chi connectivity index (χ4v) is 5.05. The minimum atomic E-state index is -0.216. The first-order chi connectivity index (χ1) is 12.5. The molecular formula is C22H22BrNOS. The number of benzene rings is 2. The van der Waals surface area contributed by atoms with Crippen LogP contribution < -0.4 is 9.64 Å². The van der Waals surface area contributed by atoms with E-state index in [2.05, 4.69) is 88.6 Å². The highest BCUT2D eigenvalue weighted by molar-refractivity contribution is 9.10. The average molecular weight is 428 g/mol. The van der Waals surface area contributed by atoms with Crippen LogP contribution in [0.1, 0.15) is 28.5 Å². The van der Waals surface area contributed by atoms with Gasteiger partial charge < -0.3 is 9.64 Å². The molecule has 134 valence electrons. The van der Waals surface area contributed by atoms with E-state index in [1.165, 1.54) is 27.3 Å². The van der Waals surface area contributed by atoms with Crippen LogP contribution in [0.4, 0.5) is 5.69 Å². The first-order valence-corrected chi connectivity index (χ1v) is 10.5. The lowest BCUT2D eigenvalue weighted by Crippen LogP contribution is -2.49. The standard InChI is InChI=1S/C22H22BrNOS/c1-15-21(11-13-26-15)24-12-10-16-14-19(25-3)8-9-20(16)22(24,2)17-4-6-18(23)7-5-17/h4-9,11,13-14H,10,12H2,1-3H3. The maximum atomic E-state index is 5.47. The number of ether oxygens (including phenoxy) is 1. The maximum Gasteiger partial charge on any atom is 0.119 e. The fourth-order valence-electron chi connectivity index (χ4n) is 4.09. The quantitative estimate of drug-likeness (QED) is 0.496. The predicted molar refractivity (Wildman–Crippen MR) is 114 cm³/mol. The predicted octanol–water partition coefficient (Wildman–Crippen LogP) is 6.15. The van der Waals surface area contributed by atoms with Gasteiger partial charge in [-0.05, 0) is 72.7 Å². The van der Waals surface area contributed by atoms with Gasteiger partial charge in [0.2, 0.25) is 0 Å². The lowest BCUT2D eigenvalue weighted by atomic mass is 9.76. The highest BCUT2D eigenvalue weighted by Crippen LogP contribution is 2.46. The third-order valence-corrected chi connectivity index (χ3v) is 6.87. The van der Waals surface area contributed by atoms with Gasteiger partial charge in [-0.3, -0.25) is 0 Å². The van der Waals surface area contributed by atoms with Crippen LogP contribution in [0.3, 0.4) is 0 Å². The lowest BCUT2D eigenvalue weighted by Gasteiger charge is -2.48. The lowest BCUT2D eigenvalue weighted by molar-refractivity contribution is 0.411. The number of methoxy groups -OCH3 is 1. The topological polar surface area (TPSA) is 12.5 Å². The minimum absolute atomic E-state index is 0.216. The Morgan fingerprint density at radius 3 is 2.54 bits per heavy atom. The van der Waals surface area contributed by atoms with Gasteiger partial charge in [0.1, 0.15) is 5.75 Å². The molecule has 0 saturated heterocycles. The largest absolute Gasteiger partial charge is 0.497 e. The third-order valence-electron chi connectivity index (χ3n) is 5.51. The second-order valence-electron chi connectivity index (χ2n) is 6.87. The molecule has 1 aliphatic rings. The summed E-state index contributed by atoms with van der Waals surface area (Å²) < 4.78 is 6.58. The molecule has 0 bridgehead atoms. The van der Waals surface area contributed by atoms with Crippen LogP contribution in [-0.2, 0) is 12.0 Å². The van der Waals surface area contributed by atoms with Crippen molar-refractivity contribution in [1.82, 2.24) is 0 Å². The molecule has 1 aromatic heterocycles. The van der Waals surface area contributed by atoms with Gasteiger partial charge >= 0.3 is 0 Å². The molecule has 1 aliphatic heterocycles. The van der Waals surface area contributed by atoms with Crippen LogP contribution in [0.15, 0.2) is 58.4 Å². The van der Waals surface area contributed by atoms with Gasteiger partial charge in [-0.15, -0.1) is 11.3 Å². The molecule has 4 rings (SSSR count). The molecule has 2 nitrogen and oxygen atoms in total. The Morgan fingerprint density at radius 2 is 1.88 bits per heavy atom.